The van der Waals surface area contributed by atoms with Crippen LogP contribution in [0.2, 0.25) is 0 Å². The van der Waals surface area contributed by atoms with Gasteiger partial charge in [0, 0.05) is 17.2 Å². The Morgan fingerprint density at radius 1 is 1.62 bits per heavy atom. The van der Waals surface area contributed by atoms with E-state index in [0.717, 1.165) is 5.56 Å². The highest BCUT2D eigenvalue weighted by atomic mass is 32.2. The van der Waals surface area contributed by atoms with Gasteiger partial charge in [0.15, 0.2) is 0 Å². The molecule has 1 rings (SSSR count). The Bertz CT molecular complexity index is 368. The van der Waals surface area contributed by atoms with Crippen LogP contribution >= 0.6 is 11.8 Å². The number of hydrogen-bond donors (Lipinski definition) is 3. The van der Waals surface area contributed by atoms with Crippen molar-refractivity contribution in [2.75, 3.05) is 0 Å². The molecule has 2 unspecified atom stereocenters. The zero-order valence-electron chi connectivity index (χ0n) is 9.47. The van der Waals surface area contributed by atoms with E-state index in [1.807, 2.05) is 19.1 Å². The predicted octanol–water partition coefficient (Wildman–Crippen LogP) is 1.37. The van der Waals surface area contributed by atoms with Crippen molar-refractivity contribution in [1.29, 1.82) is 5.41 Å². The van der Waals surface area contributed by atoms with Gasteiger partial charge in [-0.1, -0.05) is 13.0 Å². The van der Waals surface area contributed by atoms with E-state index < -0.39 is 0 Å². The van der Waals surface area contributed by atoms with Crippen LogP contribution in [0.5, 0.6) is 0 Å². The zero-order valence-corrected chi connectivity index (χ0v) is 10.3. The molecule has 0 amide bonds. The third-order valence-corrected chi connectivity index (χ3v) is 3.72. The quantitative estimate of drug-likeness (QED) is 0.535. The molecular formula is C11H17N3OS. The lowest BCUT2D eigenvalue weighted by molar-refractivity contribution is 0.196. The number of rotatable bonds is 5. The number of aliphatic hydroxyl groups is 1. The first kappa shape index (κ1) is 13.0. The van der Waals surface area contributed by atoms with E-state index in [2.05, 4.69) is 4.98 Å². The molecule has 0 aromatic carbocycles. The minimum absolute atomic E-state index is 0.0131. The van der Waals surface area contributed by atoms with E-state index in [9.17, 15) is 5.11 Å². The fourth-order valence-electron chi connectivity index (χ4n) is 1.16. The van der Waals surface area contributed by atoms with E-state index in [-0.39, 0.29) is 17.2 Å². The van der Waals surface area contributed by atoms with Gasteiger partial charge in [0.1, 0.15) is 11.5 Å². The van der Waals surface area contributed by atoms with Gasteiger partial charge in [-0.15, -0.1) is 0 Å². The molecule has 1 aromatic rings. The molecule has 0 aliphatic carbocycles. The molecule has 4 N–H and O–H groups in total. The maximum atomic E-state index is 9.37. The molecule has 2 atom stereocenters. The average Bonchev–Trinajstić information content (AvgIpc) is 2.25. The summed E-state index contributed by atoms with van der Waals surface area (Å²) < 4.78 is 0. The molecule has 16 heavy (non-hydrogen) atoms. The highest BCUT2D eigenvalue weighted by Gasteiger charge is 2.12. The van der Waals surface area contributed by atoms with Crippen LogP contribution in [0.1, 0.15) is 25.1 Å². The van der Waals surface area contributed by atoms with Crippen LogP contribution in [0.4, 0.5) is 0 Å². The van der Waals surface area contributed by atoms with Gasteiger partial charge >= 0.3 is 0 Å². The predicted molar refractivity (Wildman–Crippen MR) is 67.7 cm³/mol. The fourth-order valence-corrected chi connectivity index (χ4v) is 2.11. The van der Waals surface area contributed by atoms with Crippen molar-refractivity contribution in [2.45, 2.75) is 31.0 Å². The average molecular weight is 239 g/mol. The summed E-state index contributed by atoms with van der Waals surface area (Å²) >= 11 is 1.63. The third-order valence-electron chi connectivity index (χ3n) is 2.33. The molecule has 0 bridgehead atoms. The summed E-state index contributed by atoms with van der Waals surface area (Å²) in [5.41, 5.74) is 6.92. The van der Waals surface area contributed by atoms with Crippen LogP contribution in [0.25, 0.3) is 0 Å². The van der Waals surface area contributed by atoms with Crippen LogP contribution in [-0.4, -0.2) is 27.3 Å². The maximum absolute atomic E-state index is 9.37. The number of hydrogen-bond acceptors (Lipinski definition) is 4. The SMILES string of the molecule is CC(O)C(C)SCc1cccnc1C(=N)N. The molecule has 0 spiro atoms. The minimum Gasteiger partial charge on any atom is -0.392 e. The molecular weight excluding hydrogens is 222 g/mol. The van der Waals surface area contributed by atoms with Crippen LogP contribution in [0.15, 0.2) is 18.3 Å². The normalized spacial score (nSPS) is 14.4. The number of pyridine rings is 1. The number of nitrogens with zero attached hydrogens (tertiary/aromatic N) is 1. The monoisotopic (exact) mass is 239 g/mol. The van der Waals surface area contributed by atoms with Gasteiger partial charge in [-0.3, -0.25) is 10.4 Å². The molecule has 0 aliphatic rings. The molecule has 0 radical (unpaired) electrons. The smallest absolute Gasteiger partial charge is 0.142 e. The van der Waals surface area contributed by atoms with E-state index in [1.54, 1.807) is 24.9 Å². The second-order valence-electron chi connectivity index (χ2n) is 3.68. The van der Waals surface area contributed by atoms with E-state index >= 15 is 0 Å². The highest BCUT2D eigenvalue weighted by Crippen LogP contribution is 2.21. The zero-order chi connectivity index (χ0) is 12.1. The number of nitrogen functional groups attached to an aromatic ring is 1. The van der Waals surface area contributed by atoms with Gasteiger partial charge in [0.2, 0.25) is 0 Å². The van der Waals surface area contributed by atoms with Gasteiger partial charge in [-0.25, -0.2) is 0 Å². The first-order chi connectivity index (χ1) is 7.52. The summed E-state index contributed by atoms with van der Waals surface area (Å²) in [5.74, 6) is 0.690. The Kier molecular flexibility index (Phi) is 4.76. The Balaban J connectivity index is 2.70. The molecule has 0 aliphatic heterocycles. The number of nitrogens with one attached hydrogen (secondary N) is 1. The molecule has 0 fully saturated rings. The van der Waals surface area contributed by atoms with Gasteiger partial charge in [0.05, 0.1) is 6.10 Å². The summed E-state index contributed by atoms with van der Waals surface area (Å²) in [6.07, 6.45) is 1.28. The second kappa shape index (κ2) is 5.86. The number of aliphatic hydroxyl groups excluding tert-OH is 1. The highest BCUT2D eigenvalue weighted by molar-refractivity contribution is 7.99. The Labute approximate surface area is 99.8 Å². The summed E-state index contributed by atoms with van der Waals surface area (Å²) in [7, 11) is 0. The van der Waals surface area contributed by atoms with Crippen LogP contribution in [-0.2, 0) is 5.75 Å². The van der Waals surface area contributed by atoms with Crippen molar-refractivity contribution in [3.8, 4) is 0 Å². The van der Waals surface area contributed by atoms with Crippen LogP contribution < -0.4 is 5.73 Å². The number of thioether (sulfide) groups is 1. The van der Waals surface area contributed by atoms with E-state index in [0.29, 0.717) is 11.4 Å². The molecule has 5 heteroatoms. The van der Waals surface area contributed by atoms with Gasteiger partial charge < -0.3 is 10.8 Å². The van der Waals surface area contributed by atoms with Crippen molar-refractivity contribution in [3.63, 3.8) is 0 Å². The molecule has 0 saturated heterocycles. The molecule has 4 nitrogen and oxygen atoms in total. The largest absolute Gasteiger partial charge is 0.392 e. The maximum Gasteiger partial charge on any atom is 0.142 e. The van der Waals surface area contributed by atoms with Crippen molar-refractivity contribution in [3.05, 3.63) is 29.6 Å². The second-order valence-corrected chi connectivity index (χ2v) is 5.05. The lowest BCUT2D eigenvalue weighted by atomic mass is 10.2. The molecule has 88 valence electrons. The van der Waals surface area contributed by atoms with Crippen molar-refractivity contribution in [2.24, 2.45) is 5.73 Å². The van der Waals surface area contributed by atoms with Crippen LogP contribution in [0, 0.1) is 5.41 Å². The van der Waals surface area contributed by atoms with E-state index in [1.165, 1.54) is 0 Å². The molecule has 0 saturated carbocycles. The Morgan fingerprint density at radius 2 is 2.31 bits per heavy atom. The summed E-state index contributed by atoms with van der Waals surface area (Å²) in [4.78, 5) is 4.08. The lowest BCUT2D eigenvalue weighted by Crippen LogP contribution is -2.18. The van der Waals surface area contributed by atoms with Crippen LogP contribution in [0.3, 0.4) is 0 Å². The third kappa shape index (κ3) is 3.50. The number of amidine groups is 1. The van der Waals surface area contributed by atoms with Crippen molar-refractivity contribution in [1.82, 2.24) is 4.98 Å². The molecule has 1 aromatic heterocycles. The minimum atomic E-state index is -0.345. The lowest BCUT2D eigenvalue weighted by Gasteiger charge is -2.14. The summed E-state index contributed by atoms with van der Waals surface area (Å²) in [5, 5.41) is 16.9. The number of nitrogens with two attached hydrogens (primary N) is 1. The van der Waals surface area contributed by atoms with Gasteiger partial charge in [-0.05, 0) is 18.6 Å². The van der Waals surface area contributed by atoms with Gasteiger partial charge in [-0.2, -0.15) is 11.8 Å². The standard InChI is InChI=1S/C11H17N3OS/c1-7(15)8(2)16-6-9-4-3-5-14-10(9)11(12)13/h3-5,7-8,15H,6H2,1-2H3,(H3,12,13). The first-order valence-corrected chi connectivity index (χ1v) is 6.15. The Hall–Kier alpha value is -1.07. The fraction of sp³-hybridized carbons (Fsp3) is 0.455. The molecule has 1 heterocycles. The van der Waals surface area contributed by atoms with E-state index in [4.69, 9.17) is 11.1 Å². The summed E-state index contributed by atoms with van der Waals surface area (Å²) in [6, 6.07) is 3.74. The first-order valence-electron chi connectivity index (χ1n) is 5.10. The topological polar surface area (TPSA) is 83.0 Å². The van der Waals surface area contributed by atoms with Crippen molar-refractivity contribution >= 4 is 17.6 Å². The summed E-state index contributed by atoms with van der Waals surface area (Å²) in [6.45, 7) is 3.74. The van der Waals surface area contributed by atoms with Gasteiger partial charge in [0.25, 0.3) is 0 Å². The number of aromatic nitrogens is 1. The Morgan fingerprint density at radius 3 is 2.88 bits per heavy atom. The van der Waals surface area contributed by atoms with Crippen molar-refractivity contribution < 1.29 is 5.11 Å².